The van der Waals surface area contributed by atoms with Gasteiger partial charge in [0.05, 0.1) is 19.0 Å². The molecule has 1 aliphatic rings. The molecule has 1 amide bonds. The molecular formula is C19H23N3O2. The lowest BCUT2D eigenvalue weighted by molar-refractivity contribution is 0.102. The zero-order valence-corrected chi connectivity index (χ0v) is 13.9. The Balaban J connectivity index is 1.58. The van der Waals surface area contributed by atoms with E-state index in [9.17, 15) is 4.79 Å². The van der Waals surface area contributed by atoms with Gasteiger partial charge in [0.1, 0.15) is 11.4 Å². The van der Waals surface area contributed by atoms with E-state index in [0.29, 0.717) is 17.4 Å². The number of hydrogen-bond acceptors (Lipinski definition) is 4. The van der Waals surface area contributed by atoms with Crippen molar-refractivity contribution >= 4 is 17.3 Å². The summed E-state index contributed by atoms with van der Waals surface area (Å²) in [6.45, 7) is 0. The number of aromatic nitrogens is 1. The molecule has 1 aromatic carbocycles. The summed E-state index contributed by atoms with van der Waals surface area (Å²) in [5, 5.41) is 6.33. The minimum atomic E-state index is -0.218. The number of ether oxygens (including phenoxy) is 1. The first kappa shape index (κ1) is 16.3. The second-order valence-corrected chi connectivity index (χ2v) is 6.09. The lowest BCUT2D eigenvalue weighted by atomic mass is 9.95. The van der Waals surface area contributed by atoms with Crippen molar-refractivity contribution in [2.75, 3.05) is 17.7 Å². The van der Waals surface area contributed by atoms with Gasteiger partial charge in [-0.25, -0.2) is 4.98 Å². The molecule has 3 rings (SSSR count). The quantitative estimate of drug-likeness (QED) is 0.869. The molecule has 0 radical (unpaired) electrons. The third-order valence-electron chi connectivity index (χ3n) is 4.32. The summed E-state index contributed by atoms with van der Waals surface area (Å²) in [7, 11) is 1.61. The number of carbonyl (C=O) groups is 1. The molecule has 1 fully saturated rings. The number of methoxy groups -OCH3 is 1. The number of anilines is 2. The van der Waals surface area contributed by atoms with Gasteiger partial charge >= 0.3 is 0 Å². The molecule has 2 N–H and O–H groups in total. The van der Waals surface area contributed by atoms with Crippen LogP contribution in [0.4, 0.5) is 11.4 Å². The van der Waals surface area contributed by atoms with Crippen LogP contribution in [0.5, 0.6) is 5.75 Å². The molecule has 0 bridgehead atoms. The van der Waals surface area contributed by atoms with Gasteiger partial charge in [0, 0.05) is 11.7 Å². The summed E-state index contributed by atoms with van der Waals surface area (Å²) < 4.78 is 5.10. The Bertz CT molecular complexity index is 662. The van der Waals surface area contributed by atoms with Crippen LogP contribution in [0.3, 0.4) is 0 Å². The summed E-state index contributed by atoms with van der Waals surface area (Å²) in [5.41, 5.74) is 2.09. The third-order valence-corrected chi connectivity index (χ3v) is 4.32. The highest BCUT2D eigenvalue weighted by Gasteiger charge is 2.13. The van der Waals surface area contributed by atoms with Crippen LogP contribution < -0.4 is 15.4 Å². The fraction of sp³-hybridized carbons (Fsp3) is 0.368. The van der Waals surface area contributed by atoms with Crippen molar-refractivity contribution in [2.24, 2.45) is 0 Å². The monoisotopic (exact) mass is 325 g/mol. The van der Waals surface area contributed by atoms with E-state index >= 15 is 0 Å². The standard InChI is InChI=1S/C19H23N3O2/c1-24-17-10-7-15(8-11-17)22-19(23)18-12-9-16(13-20-18)21-14-5-3-2-4-6-14/h7-14,21H,2-6H2,1H3,(H,22,23). The topological polar surface area (TPSA) is 63.2 Å². The smallest absolute Gasteiger partial charge is 0.274 e. The van der Waals surface area contributed by atoms with Crippen LogP contribution in [0.1, 0.15) is 42.6 Å². The predicted octanol–water partition coefficient (Wildman–Crippen LogP) is 4.09. The maximum Gasteiger partial charge on any atom is 0.274 e. The number of carbonyl (C=O) groups excluding carboxylic acids is 1. The van der Waals surface area contributed by atoms with E-state index in [1.807, 2.05) is 6.07 Å². The average molecular weight is 325 g/mol. The van der Waals surface area contributed by atoms with Crippen molar-refractivity contribution in [3.8, 4) is 5.75 Å². The minimum Gasteiger partial charge on any atom is -0.497 e. The molecule has 126 valence electrons. The van der Waals surface area contributed by atoms with Crippen molar-refractivity contribution in [3.05, 3.63) is 48.3 Å². The molecule has 1 saturated carbocycles. The van der Waals surface area contributed by atoms with Gasteiger partial charge in [0.25, 0.3) is 5.91 Å². The number of hydrogen-bond donors (Lipinski definition) is 2. The fourth-order valence-electron chi connectivity index (χ4n) is 2.97. The van der Waals surface area contributed by atoms with Crippen LogP contribution in [0, 0.1) is 0 Å². The molecule has 0 spiro atoms. The molecule has 5 nitrogen and oxygen atoms in total. The lowest BCUT2D eigenvalue weighted by Crippen LogP contribution is -2.22. The Hall–Kier alpha value is -2.56. The van der Waals surface area contributed by atoms with Crippen LogP contribution in [0.15, 0.2) is 42.6 Å². The van der Waals surface area contributed by atoms with Gasteiger partial charge in [-0.2, -0.15) is 0 Å². The summed E-state index contributed by atoms with van der Waals surface area (Å²) in [5.74, 6) is 0.536. The van der Waals surface area contributed by atoms with Crippen LogP contribution in [-0.4, -0.2) is 24.0 Å². The van der Waals surface area contributed by atoms with Gasteiger partial charge in [0.15, 0.2) is 0 Å². The number of rotatable bonds is 5. The number of benzene rings is 1. The minimum absolute atomic E-state index is 0.218. The molecule has 0 atom stereocenters. The number of pyridine rings is 1. The molecule has 0 saturated heterocycles. The largest absolute Gasteiger partial charge is 0.497 e. The second-order valence-electron chi connectivity index (χ2n) is 6.09. The van der Waals surface area contributed by atoms with Crippen molar-refractivity contribution in [2.45, 2.75) is 38.1 Å². The zero-order valence-electron chi connectivity index (χ0n) is 13.9. The number of nitrogens with zero attached hydrogens (tertiary/aromatic N) is 1. The highest BCUT2D eigenvalue weighted by atomic mass is 16.5. The summed E-state index contributed by atoms with van der Waals surface area (Å²) in [6, 6.07) is 11.4. The Morgan fingerprint density at radius 1 is 1.04 bits per heavy atom. The molecule has 24 heavy (non-hydrogen) atoms. The predicted molar refractivity (Wildman–Crippen MR) is 95.7 cm³/mol. The molecular weight excluding hydrogens is 302 g/mol. The van der Waals surface area contributed by atoms with Crippen LogP contribution in [0.25, 0.3) is 0 Å². The Kier molecular flexibility index (Phi) is 5.31. The van der Waals surface area contributed by atoms with Crippen molar-refractivity contribution in [1.29, 1.82) is 0 Å². The SMILES string of the molecule is COc1ccc(NC(=O)c2ccc(NC3CCCCC3)cn2)cc1. The zero-order chi connectivity index (χ0) is 16.8. The highest BCUT2D eigenvalue weighted by molar-refractivity contribution is 6.02. The Morgan fingerprint density at radius 3 is 2.38 bits per heavy atom. The van der Waals surface area contributed by atoms with E-state index in [0.717, 1.165) is 11.4 Å². The first-order valence-electron chi connectivity index (χ1n) is 8.42. The van der Waals surface area contributed by atoms with Gasteiger partial charge in [0.2, 0.25) is 0 Å². The second kappa shape index (κ2) is 7.81. The first-order valence-corrected chi connectivity index (χ1v) is 8.42. The van der Waals surface area contributed by atoms with E-state index < -0.39 is 0 Å². The highest BCUT2D eigenvalue weighted by Crippen LogP contribution is 2.21. The Morgan fingerprint density at radius 2 is 1.75 bits per heavy atom. The van der Waals surface area contributed by atoms with E-state index in [-0.39, 0.29) is 5.91 Å². The Labute approximate surface area is 142 Å². The van der Waals surface area contributed by atoms with Crippen molar-refractivity contribution < 1.29 is 9.53 Å². The fourth-order valence-corrected chi connectivity index (χ4v) is 2.97. The van der Waals surface area contributed by atoms with Gasteiger partial charge in [-0.3, -0.25) is 4.79 Å². The van der Waals surface area contributed by atoms with Crippen molar-refractivity contribution in [1.82, 2.24) is 4.98 Å². The van der Waals surface area contributed by atoms with Gasteiger partial charge in [-0.15, -0.1) is 0 Å². The average Bonchev–Trinajstić information content (AvgIpc) is 2.64. The van der Waals surface area contributed by atoms with Crippen molar-refractivity contribution in [3.63, 3.8) is 0 Å². The maximum atomic E-state index is 12.2. The van der Waals surface area contributed by atoms with Crippen LogP contribution >= 0.6 is 0 Å². The van der Waals surface area contributed by atoms with E-state index in [1.54, 1.807) is 43.6 Å². The molecule has 5 heteroatoms. The van der Waals surface area contributed by atoms with E-state index in [4.69, 9.17) is 4.74 Å². The summed E-state index contributed by atoms with van der Waals surface area (Å²) in [4.78, 5) is 16.5. The molecule has 0 unspecified atom stereocenters. The van der Waals surface area contributed by atoms with Gasteiger partial charge in [-0.05, 0) is 49.2 Å². The first-order chi connectivity index (χ1) is 11.7. The number of nitrogens with one attached hydrogen (secondary N) is 2. The lowest BCUT2D eigenvalue weighted by Gasteiger charge is -2.23. The number of amides is 1. The third kappa shape index (κ3) is 4.25. The summed E-state index contributed by atoms with van der Waals surface area (Å²) in [6.07, 6.45) is 8.05. The van der Waals surface area contributed by atoms with E-state index in [1.165, 1.54) is 32.1 Å². The molecule has 1 heterocycles. The summed E-state index contributed by atoms with van der Waals surface area (Å²) >= 11 is 0. The molecule has 1 aromatic heterocycles. The van der Waals surface area contributed by atoms with Crippen LogP contribution in [0.2, 0.25) is 0 Å². The molecule has 0 aliphatic heterocycles. The normalized spacial score (nSPS) is 14.9. The van der Waals surface area contributed by atoms with Crippen LogP contribution in [-0.2, 0) is 0 Å². The van der Waals surface area contributed by atoms with Gasteiger partial charge < -0.3 is 15.4 Å². The van der Waals surface area contributed by atoms with E-state index in [2.05, 4.69) is 15.6 Å². The maximum absolute atomic E-state index is 12.2. The molecule has 2 aromatic rings. The molecule has 1 aliphatic carbocycles. The van der Waals surface area contributed by atoms with Gasteiger partial charge in [-0.1, -0.05) is 19.3 Å².